The van der Waals surface area contributed by atoms with Gasteiger partial charge in [-0.05, 0) is 30.0 Å². The first-order chi connectivity index (χ1) is 9.88. The minimum atomic E-state index is -1.15. The first kappa shape index (κ1) is 15.1. The van der Waals surface area contributed by atoms with Gasteiger partial charge in [0.15, 0.2) is 17.3 Å². The molecule has 0 unspecified atom stereocenters. The normalized spacial score (nSPS) is 11.1. The van der Waals surface area contributed by atoms with E-state index in [9.17, 15) is 13.6 Å². The molecule has 2 aromatic rings. The van der Waals surface area contributed by atoms with Gasteiger partial charge in [0, 0.05) is 0 Å². The van der Waals surface area contributed by atoms with Crippen LogP contribution in [0.25, 0.3) is 0 Å². The lowest BCUT2D eigenvalue weighted by Crippen LogP contribution is -2.12. The Morgan fingerprint density at radius 1 is 1.33 bits per heavy atom. The van der Waals surface area contributed by atoms with E-state index in [0.717, 1.165) is 12.1 Å². The third-order valence-corrected chi connectivity index (χ3v) is 2.96. The third-order valence-electron chi connectivity index (χ3n) is 2.96. The maximum atomic E-state index is 13.2. The van der Waals surface area contributed by atoms with Crippen molar-refractivity contribution in [1.82, 2.24) is 15.0 Å². The average molecular weight is 295 g/mol. The van der Waals surface area contributed by atoms with Crippen molar-refractivity contribution in [3.05, 3.63) is 46.8 Å². The van der Waals surface area contributed by atoms with Gasteiger partial charge in [0.25, 0.3) is 0 Å². The van der Waals surface area contributed by atoms with E-state index in [2.05, 4.69) is 10.3 Å². The van der Waals surface area contributed by atoms with E-state index in [1.807, 2.05) is 13.8 Å². The molecule has 5 nitrogen and oxygen atoms in total. The van der Waals surface area contributed by atoms with E-state index in [0.29, 0.717) is 17.7 Å². The molecule has 2 rings (SSSR count). The predicted molar refractivity (Wildman–Crippen MR) is 71.0 cm³/mol. The summed E-state index contributed by atoms with van der Waals surface area (Å²) in [5.74, 6) is -2.81. The minimum absolute atomic E-state index is 0.105. The third kappa shape index (κ3) is 3.42. The van der Waals surface area contributed by atoms with Crippen LogP contribution in [0, 0.1) is 17.6 Å². The van der Waals surface area contributed by atoms with Gasteiger partial charge >= 0.3 is 5.97 Å². The lowest BCUT2D eigenvalue weighted by atomic mass is 10.1. The zero-order valence-electron chi connectivity index (χ0n) is 11.7. The molecule has 7 heteroatoms. The molecule has 0 aliphatic carbocycles. The fourth-order valence-electron chi connectivity index (χ4n) is 2.03. The van der Waals surface area contributed by atoms with Gasteiger partial charge in [-0.3, -0.25) is 0 Å². The summed E-state index contributed by atoms with van der Waals surface area (Å²) >= 11 is 0. The number of halogens is 2. The second kappa shape index (κ2) is 5.99. The number of hydrogen-bond donors (Lipinski definition) is 1. The Bertz CT molecular complexity index is 668. The summed E-state index contributed by atoms with van der Waals surface area (Å²) in [5, 5.41) is 16.6. The van der Waals surface area contributed by atoms with Crippen LogP contribution in [0.1, 0.15) is 35.6 Å². The number of carboxylic acid groups (broad SMARTS) is 1. The fraction of sp³-hybridized carbons (Fsp3) is 0.357. The molecule has 0 aliphatic heterocycles. The van der Waals surface area contributed by atoms with Crippen LogP contribution in [-0.2, 0) is 13.0 Å². The van der Waals surface area contributed by atoms with Crippen LogP contribution in [0.15, 0.2) is 18.2 Å². The molecule has 0 saturated heterocycles. The Kier molecular flexibility index (Phi) is 4.30. The quantitative estimate of drug-likeness (QED) is 0.920. The van der Waals surface area contributed by atoms with Crippen molar-refractivity contribution in [2.45, 2.75) is 26.8 Å². The fourth-order valence-corrected chi connectivity index (χ4v) is 2.03. The highest BCUT2D eigenvalue weighted by molar-refractivity contribution is 5.86. The van der Waals surface area contributed by atoms with Gasteiger partial charge < -0.3 is 5.11 Å². The Labute approximate surface area is 120 Å². The second-order valence-corrected chi connectivity index (χ2v) is 5.19. The summed E-state index contributed by atoms with van der Waals surface area (Å²) in [5.41, 5.74) is 0.856. The van der Waals surface area contributed by atoms with Gasteiger partial charge in [-0.1, -0.05) is 25.1 Å². The summed E-state index contributed by atoms with van der Waals surface area (Å²) in [6, 6.07) is 3.53. The molecule has 0 spiro atoms. The van der Waals surface area contributed by atoms with Crippen LogP contribution in [0.4, 0.5) is 8.78 Å². The SMILES string of the molecule is CC(C)Cc1c(C(=O)O)nnn1Cc1ccc(F)c(F)c1. The maximum absolute atomic E-state index is 13.2. The molecule has 1 heterocycles. The Morgan fingerprint density at radius 2 is 2.05 bits per heavy atom. The molecule has 0 aliphatic rings. The molecular weight excluding hydrogens is 280 g/mol. The van der Waals surface area contributed by atoms with Crippen LogP contribution >= 0.6 is 0 Å². The summed E-state index contributed by atoms with van der Waals surface area (Å²) in [4.78, 5) is 11.1. The van der Waals surface area contributed by atoms with Crippen LogP contribution in [0.5, 0.6) is 0 Å². The maximum Gasteiger partial charge on any atom is 0.358 e. The van der Waals surface area contributed by atoms with Gasteiger partial charge in [-0.15, -0.1) is 5.10 Å². The topological polar surface area (TPSA) is 68.0 Å². The van der Waals surface area contributed by atoms with E-state index in [1.165, 1.54) is 10.7 Å². The molecule has 0 radical (unpaired) electrons. The minimum Gasteiger partial charge on any atom is -0.476 e. The van der Waals surface area contributed by atoms with Gasteiger partial charge in [0.2, 0.25) is 0 Å². The van der Waals surface area contributed by atoms with Crippen LogP contribution < -0.4 is 0 Å². The van der Waals surface area contributed by atoms with Crippen molar-refractivity contribution < 1.29 is 18.7 Å². The van der Waals surface area contributed by atoms with Crippen molar-refractivity contribution in [3.8, 4) is 0 Å². The molecule has 0 fully saturated rings. The number of hydrogen-bond acceptors (Lipinski definition) is 3. The van der Waals surface area contributed by atoms with E-state index >= 15 is 0 Å². The van der Waals surface area contributed by atoms with Crippen molar-refractivity contribution in [3.63, 3.8) is 0 Å². The van der Waals surface area contributed by atoms with E-state index in [1.54, 1.807) is 0 Å². The standard InChI is InChI=1S/C14H15F2N3O2/c1-8(2)5-12-13(14(20)21)17-18-19(12)7-9-3-4-10(15)11(16)6-9/h3-4,6,8H,5,7H2,1-2H3,(H,20,21). The lowest BCUT2D eigenvalue weighted by Gasteiger charge is -2.09. The molecule has 0 amide bonds. The van der Waals surface area contributed by atoms with Gasteiger partial charge in [-0.25, -0.2) is 18.3 Å². The van der Waals surface area contributed by atoms with Gasteiger partial charge in [0.1, 0.15) is 0 Å². The Hall–Kier alpha value is -2.31. The molecule has 1 aromatic heterocycles. The molecule has 1 aromatic carbocycles. The predicted octanol–water partition coefficient (Wildman–Crippen LogP) is 2.50. The molecule has 112 valence electrons. The molecule has 1 N–H and O–H groups in total. The van der Waals surface area contributed by atoms with Crippen molar-refractivity contribution in [2.75, 3.05) is 0 Å². The molecular formula is C14H15F2N3O2. The molecule has 21 heavy (non-hydrogen) atoms. The highest BCUT2D eigenvalue weighted by Gasteiger charge is 2.20. The summed E-state index contributed by atoms with van der Waals surface area (Å²) in [6.07, 6.45) is 0.484. The summed E-state index contributed by atoms with van der Waals surface area (Å²) in [7, 11) is 0. The number of carbonyl (C=O) groups is 1. The zero-order chi connectivity index (χ0) is 15.6. The van der Waals surface area contributed by atoms with E-state index in [4.69, 9.17) is 5.11 Å². The monoisotopic (exact) mass is 295 g/mol. The first-order valence-electron chi connectivity index (χ1n) is 6.48. The second-order valence-electron chi connectivity index (χ2n) is 5.19. The Morgan fingerprint density at radius 3 is 2.62 bits per heavy atom. The summed E-state index contributed by atoms with van der Waals surface area (Å²) < 4.78 is 27.5. The highest BCUT2D eigenvalue weighted by atomic mass is 19.2. The van der Waals surface area contributed by atoms with Crippen LogP contribution in [0.3, 0.4) is 0 Å². The smallest absolute Gasteiger partial charge is 0.358 e. The lowest BCUT2D eigenvalue weighted by molar-refractivity contribution is 0.0689. The number of nitrogens with zero attached hydrogens (tertiary/aromatic N) is 3. The Balaban J connectivity index is 2.34. The highest BCUT2D eigenvalue weighted by Crippen LogP contribution is 2.15. The number of carboxylic acids is 1. The first-order valence-corrected chi connectivity index (χ1v) is 6.48. The number of benzene rings is 1. The van der Waals surface area contributed by atoms with E-state index in [-0.39, 0.29) is 18.2 Å². The molecule has 0 bridgehead atoms. The van der Waals surface area contributed by atoms with Crippen LogP contribution in [0.2, 0.25) is 0 Å². The van der Waals surface area contributed by atoms with Crippen molar-refractivity contribution >= 4 is 5.97 Å². The largest absolute Gasteiger partial charge is 0.476 e. The van der Waals surface area contributed by atoms with Crippen molar-refractivity contribution in [1.29, 1.82) is 0 Å². The number of aromatic carboxylic acids is 1. The molecule has 0 saturated carbocycles. The van der Waals surface area contributed by atoms with Crippen LogP contribution in [-0.4, -0.2) is 26.1 Å². The number of aromatic nitrogens is 3. The van der Waals surface area contributed by atoms with E-state index < -0.39 is 17.6 Å². The average Bonchev–Trinajstić information content (AvgIpc) is 2.76. The van der Waals surface area contributed by atoms with Crippen molar-refractivity contribution in [2.24, 2.45) is 5.92 Å². The molecule has 0 atom stereocenters. The zero-order valence-corrected chi connectivity index (χ0v) is 11.7. The van der Waals surface area contributed by atoms with Gasteiger partial charge in [0.05, 0.1) is 12.2 Å². The summed E-state index contributed by atoms with van der Waals surface area (Å²) in [6.45, 7) is 4.03. The van der Waals surface area contributed by atoms with Gasteiger partial charge in [-0.2, -0.15) is 0 Å². The number of rotatable bonds is 5.